The molecule has 1 aromatic rings. The number of ether oxygens (including phenoxy) is 2. The number of hydrogen-bond acceptors (Lipinski definition) is 7. The van der Waals surface area contributed by atoms with Crippen molar-refractivity contribution in [2.75, 3.05) is 13.3 Å². The molecular weight excluding hydrogens is 655 g/mol. The Morgan fingerprint density at radius 2 is 1.67 bits per heavy atom. The van der Waals surface area contributed by atoms with Gasteiger partial charge in [-0.1, -0.05) is 52.5 Å². The van der Waals surface area contributed by atoms with E-state index in [4.69, 9.17) is 13.9 Å². The monoisotopic (exact) mass is 715 g/mol. The fraction of sp³-hybridized carbons (Fsp3) is 0.730. The number of carbonyl (C=O) groups excluding carboxylic acids is 4. The zero-order chi connectivity index (χ0) is 36.5. The standard InChI is InChI=1S/C37H61N3O7Si2/c1-36(2,3)46-35(44)38-30-15-13-28(47-49(10,11)37(4,5)6)22-26(30)20-25-12-14-29-27(21-25)23-39(33(29)42)31-16-17-32(41)40(34(31)43)24-45-18-19-48(7,8)9/h12,14,21,26,28,30-31H,13,15-20,22-24H2,1-11H3,(H,38,44)/t26-,28-,30-,31?/m0/s1. The molecule has 1 unspecified atom stereocenters. The van der Waals surface area contributed by atoms with E-state index in [-0.39, 0.29) is 54.0 Å². The first-order valence-electron chi connectivity index (χ1n) is 18.1. The molecule has 0 radical (unpaired) electrons. The molecule has 4 rings (SSSR count). The zero-order valence-corrected chi connectivity index (χ0v) is 33.9. The SMILES string of the molecule is CC(C)(C)OC(=O)N[C@H]1CC[C@H](O[Si](C)(C)C(C)(C)C)C[C@@H]1Cc1ccc2c(c1)CN(C1CCC(=O)N(COCC[Si](C)(C)C)C1=O)C2=O. The lowest BCUT2D eigenvalue weighted by atomic mass is 9.79. The Hall–Kier alpha value is -2.55. The number of amides is 4. The predicted octanol–water partition coefficient (Wildman–Crippen LogP) is 7.10. The van der Waals surface area contributed by atoms with Crippen molar-refractivity contribution >= 4 is 40.2 Å². The zero-order valence-electron chi connectivity index (χ0n) is 31.9. The maximum absolute atomic E-state index is 13.6. The van der Waals surface area contributed by atoms with E-state index in [9.17, 15) is 19.2 Å². The number of nitrogens with zero attached hydrogens (tertiary/aromatic N) is 2. The number of hydrogen-bond donors (Lipinski definition) is 1. The van der Waals surface area contributed by atoms with Crippen molar-refractivity contribution in [1.82, 2.24) is 15.1 Å². The van der Waals surface area contributed by atoms with Crippen LogP contribution >= 0.6 is 0 Å². The van der Waals surface area contributed by atoms with Crippen LogP contribution in [0.15, 0.2) is 18.2 Å². The molecule has 0 spiro atoms. The van der Waals surface area contributed by atoms with Gasteiger partial charge in [-0.2, -0.15) is 0 Å². The van der Waals surface area contributed by atoms with Gasteiger partial charge in [0.2, 0.25) is 5.91 Å². The van der Waals surface area contributed by atoms with Crippen LogP contribution in [0.2, 0.25) is 43.8 Å². The number of imide groups is 1. The van der Waals surface area contributed by atoms with Crippen molar-refractivity contribution < 1.29 is 33.1 Å². The van der Waals surface area contributed by atoms with E-state index >= 15 is 0 Å². The van der Waals surface area contributed by atoms with Crippen LogP contribution < -0.4 is 5.32 Å². The molecule has 1 saturated heterocycles. The maximum Gasteiger partial charge on any atom is 0.407 e. The Balaban J connectivity index is 1.47. The maximum atomic E-state index is 13.6. The first-order chi connectivity index (χ1) is 22.5. The summed E-state index contributed by atoms with van der Waals surface area (Å²) in [4.78, 5) is 55.5. The van der Waals surface area contributed by atoms with E-state index < -0.39 is 34.1 Å². The Kier molecular flexibility index (Phi) is 12.0. The second-order valence-electron chi connectivity index (χ2n) is 18.0. The molecule has 2 aliphatic heterocycles. The normalized spacial score (nSPS) is 23.9. The molecule has 0 bridgehead atoms. The highest BCUT2D eigenvalue weighted by molar-refractivity contribution is 6.76. The van der Waals surface area contributed by atoms with Crippen LogP contribution in [0.1, 0.15) is 95.1 Å². The van der Waals surface area contributed by atoms with Crippen LogP contribution in [0.4, 0.5) is 4.79 Å². The Morgan fingerprint density at radius 1 is 0.980 bits per heavy atom. The van der Waals surface area contributed by atoms with Crippen molar-refractivity contribution in [3.05, 3.63) is 34.9 Å². The van der Waals surface area contributed by atoms with E-state index in [1.165, 1.54) is 4.90 Å². The average molecular weight is 716 g/mol. The summed E-state index contributed by atoms with van der Waals surface area (Å²) in [5, 5.41) is 3.26. The van der Waals surface area contributed by atoms with E-state index in [1.54, 1.807) is 4.90 Å². The van der Waals surface area contributed by atoms with Crippen LogP contribution in [-0.4, -0.2) is 87.1 Å². The lowest BCUT2D eigenvalue weighted by Crippen LogP contribution is -2.55. The van der Waals surface area contributed by atoms with Gasteiger partial charge in [0, 0.05) is 45.4 Å². The van der Waals surface area contributed by atoms with Crippen molar-refractivity contribution in [2.45, 2.75) is 154 Å². The van der Waals surface area contributed by atoms with Gasteiger partial charge in [-0.05, 0) is 100 Å². The molecule has 3 aliphatic rings. The third-order valence-electron chi connectivity index (χ3n) is 10.5. The van der Waals surface area contributed by atoms with Crippen LogP contribution in [0.5, 0.6) is 0 Å². The molecule has 12 heteroatoms. The number of benzene rings is 1. The minimum atomic E-state index is -1.99. The van der Waals surface area contributed by atoms with Gasteiger partial charge < -0.3 is 24.1 Å². The molecule has 49 heavy (non-hydrogen) atoms. The quantitative estimate of drug-likeness (QED) is 0.148. The number of fused-ring (bicyclic) bond motifs is 1. The van der Waals surface area contributed by atoms with Crippen molar-refractivity contribution in [2.24, 2.45) is 5.92 Å². The summed E-state index contributed by atoms with van der Waals surface area (Å²) in [5.41, 5.74) is 1.96. The summed E-state index contributed by atoms with van der Waals surface area (Å²) in [6.45, 7) is 24.4. The van der Waals surface area contributed by atoms with Gasteiger partial charge in [-0.3, -0.25) is 19.3 Å². The largest absolute Gasteiger partial charge is 0.444 e. The highest BCUT2D eigenvalue weighted by Gasteiger charge is 2.44. The second kappa shape index (κ2) is 15.0. The van der Waals surface area contributed by atoms with Crippen LogP contribution in [0.3, 0.4) is 0 Å². The summed E-state index contributed by atoms with van der Waals surface area (Å²) in [5.74, 6) is -0.684. The Bertz CT molecular complexity index is 1400. The molecular formula is C37H61N3O7Si2. The van der Waals surface area contributed by atoms with E-state index in [1.807, 2.05) is 32.9 Å². The third kappa shape index (κ3) is 10.3. The molecule has 1 aromatic carbocycles. The van der Waals surface area contributed by atoms with Gasteiger partial charge >= 0.3 is 6.09 Å². The second-order valence-corrected chi connectivity index (χ2v) is 28.4. The number of rotatable bonds is 11. The summed E-state index contributed by atoms with van der Waals surface area (Å²) in [6, 6.07) is 6.11. The first-order valence-corrected chi connectivity index (χ1v) is 24.7. The molecule has 1 saturated carbocycles. The van der Waals surface area contributed by atoms with Gasteiger partial charge in [0.15, 0.2) is 8.32 Å². The Morgan fingerprint density at radius 3 is 2.31 bits per heavy atom. The summed E-state index contributed by atoms with van der Waals surface area (Å²) >= 11 is 0. The van der Waals surface area contributed by atoms with Crippen LogP contribution in [-0.2, 0) is 36.5 Å². The number of alkyl carbamates (subject to hydrolysis) is 1. The van der Waals surface area contributed by atoms with Gasteiger partial charge in [-0.25, -0.2) is 4.79 Å². The minimum absolute atomic E-state index is 0.0716. The first kappa shape index (κ1) is 39.2. The molecule has 2 heterocycles. The predicted molar refractivity (Wildman–Crippen MR) is 196 cm³/mol. The molecule has 4 atom stereocenters. The average Bonchev–Trinajstić information content (AvgIpc) is 3.26. The van der Waals surface area contributed by atoms with Crippen molar-refractivity contribution in [3.8, 4) is 0 Å². The highest BCUT2D eigenvalue weighted by Crippen LogP contribution is 2.41. The lowest BCUT2D eigenvalue weighted by Gasteiger charge is -2.43. The topological polar surface area (TPSA) is 114 Å². The molecule has 10 nitrogen and oxygen atoms in total. The van der Waals surface area contributed by atoms with Crippen molar-refractivity contribution in [3.63, 3.8) is 0 Å². The van der Waals surface area contributed by atoms with E-state index in [0.717, 1.165) is 36.4 Å². The van der Waals surface area contributed by atoms with Crippen molar-refractivity contribution in [1.29, 1.82) is 0 Å². The third-order valence-corrected chi connectivity index (χ3v) is 16.7. The molecule has 1 N–H and O–H groups in total. The van der Waals surface area contributed by atoms with Crippen LogP contribution in [0.25, 0.3) is 0 Å². The number of nitrogens with one attached hydrogen (secondary N) is 1. The summed E-state index contributed by atoms with van der Waals surface area (Å²) < 4.78 is 18.2. The fourth-order valence-corrected chi connectivity index (χ4v) is 8.81. The number of carbonyl (C=O) groups is 4. The smallest absolute Gasteiger partial charge is 0.407 e. The van der Waals surface area contributed by atoms with Gasteiger partial charge in [0.25, 0.3) is 11.8 Å². The van der Waals surface area contributed by atoms with E-state index in [0.29, 0.717) is 31.6 Å². The summed E-state index contributed by atoms with van der Waals surface area (Å²) in [7, 11) is -3.30. The van der Waals surface area contributed by atoms with Crippen LogP contribution in [0, 0.1) is 5.92 Å². The Labute approximate surface area is 296 Å². The number of piperidine rings is 1. The van der Waals surface area contributed by atoms with E-state index in [2.05, 4.69) is 64.9 Å². The summed E-state index contributed by atoms with van der Waals surface area (Å²) in [6.07, 6.45) is 3.39. The van der Waals surface area contributed by atoms with Gasteiger partial charge in [0.1, 0.15) is 18.4 Å². The molecule has 4 amide bonds. The molecule has 1 aliphatic carbocycles. The molecule has 2 fully saturated rings. The van der Waals surface area contributed by atoms with Gasteiger partial charge in [-0.15, -0.1) is 0 Å². The van der Waals surface area contributed by atoms with Gasteiger partial charge in [0.05, 0.1) is 0 Å². The molecule has 0 aromatic heterocycles. The highest BCUT2D eigenvalue weighted by atomic mass is 28.4. The fourth-order valence-electron chi connectivity index (χ4n) is 6.65. The lowest BCUT2D eigenvalue weighted by molar-refractivity contribution is -0.158. The minimum Gasteiger partial charge on any atom is -0.444 e. The number of likely N-dealkylation sites (tertiary alicyclic amines) is 1. The molecule has 274 valence electrons.